The van der Waals surface area contributed by atoms with E-state index in [1.54, 1.807) is 29.2 Å². The van der Waals surface area contributed by atoms with Gasteiger partial charge in [0.05, 0.1) is 5.54 Å². The molecule has 3 N–H and O–H groups in total. The molecule has 2 aliphatic carbocycles. The van der Waals surface area contributed by atoms with Gasteiger partial charge in [0.15, 0.2) is 0 Å². The molecule has 1 spiro atoms. The van der Waals surface area contributed by atoms with Crippen LogP contribution in [0.3, 0.4) is 0 Å². The Balaban J connectivity index is 1.17. The average molecular weight is 521 g/mol. The third-order valence-electron chi connectivity index (χ3n) is 8.36. The van der Waals surface area contributed by atoms with Gasteiger partial charge in [-0.05, 0) is 79.5 Å². The number of ether oxygens (including phenoxy) is 1. The molecular weight excluding hydrogens is 491 g/mol. The highest BCUT2D eigenvalue weighted by Crippen LogP contribution is 2.46. The van der Waals surface area contributed by atoms with Crippen LogP contribution in [0.1, 0.15) is 54.4 Å². The minimum Gasteiger partial charge on any atom is -0.427 e. The summed E-state index contributed by atoms with van der Waals surface area (Å²) in [7, 11) is 0. The van der Waals surface area contributed by atoms with Gasteiger partial charge < -0.3 is 20.7 Å². The van der Waals surface area contributed by atoms with Gasteiger partial charge in [-0.2, -0.15) is 0 Å². The molecule has 2 heterocycles. The molecule has 4 aliphatic rings. The van der Waals surface area contributed by atoms with Crippen molar-refractivity contribution in [3.63, 3.8) is 0 Å². The number of anilines is 1. The quantitative estimate of drug-likeness (QED) is 0.639. The Hall–Kier alpha value is -3.79. The lowest BCUT2D eigenvalue weighted by Crippen LogP contribution is -2.56. The standard InChI is InChI=1S/C28H29FN4O5/c29-20-5-4-19-15-32(12-1-3-17(19)13-20)23(34)16-33-25(36)28(38-26(33)37)11-8-18-14-21(6-7-22(18)28)31-24(35)27(30)9-2-10-27/h4-7,13-14H,1-3,8-12,15-16,30H2,(H,31,35). The van der Waals surface area contributed by atoms with Crippen molar-refractivity contribution < 1.29 is 28.3 Å². The van der Waals surface area contributed by atoms with Crippen LogP contribution in [0.2, 0.25) is 0 Å². The number of benzene rings is 2. The van der Waals surface area contributed by atoms with Crippen LogP contribution in [-0.4, -0.2) is 52.2 Å². The lowest BCUT2D eigenvalue weighted by molar-refractivity contribution is -0.142. The normalized spacial score (nSPS) is 23.4. The molecule has 38 heavy (non-hydrogen) atoms. The maximum atomic E-state index is 13.6. The number of nitrogens with zero attached hydrogens (tertiary/aromatic N) is 2. The molecule has 0 aromatic heterocycles. The summed E-state index contributed by atoms with van der Waals surface area (Å²) in [5, 5.41) is 2.86. The molecule has 1 saturated carbocycles. The second kappa shape index (κ2) is 8.90. The highest BCUT2D eigenvalue weighted by atomic mass is 19.1. The zero-order valence-corrected chi connectivity index (χ0v) is 20.9. The number of rotatable bonds is 4. The number of carbonyl (C=O) groups excluding carboxylic acids is 4. The Bertz CT molecular complexity index is 1370. The van der Waals surface area contributed by atoms with Crippen LogP contribution in [0.15, 0.2) is 36.4 Å². The van der Waals surface area contributed by atoms with Gasteiger partial charge in [-0.3, -0.25) is 14.4 Å². The number of imide groups is 1. The predicted octanol–water partition coefficient (Wildman–Crippen LogP) is 2.74. The Kier molecular flexibility index (Phi) is 5.75. The number of carbonyl (C=O) groups is 4. The fourth-order valence-corrected chi connectivity index (χ4v) is 5.95. The number of nitrogens with two attached hydrogens (primary N) is 1. The summed E-state index contributed by atoms with van der Waals surface area (Å²) in [6.45, 7) is 0.314. The minimum absolute atomic E-state index is 0.231. The van der Waals surface area contributed by atoms with Crippen LogP contribution in [-0.2, 0) is 44.1 Å². The zero-order valence-electron chi connectivity index (χ0n) is 20.9. The Morgan fingerprint density at radius 2 is 1.82 bits per heavy atom. The van der Waals surface area contributed by atoms with E-state index in [0.29, 0.717) is 49.9 Å². The van der Waals surface area contributed by atoms with Crippen molar-refractivity contribution in [1.29, 1.82) is 0 Å². The number of hydrogen-bond acceptors (Lipinski definition) is 6. The van der Waals surface area contributed by atoms with Crippen LogP contribution < -0.4 is 11.1 Å². The summed E-state index contributed by atoms with van der Waals surface area (Å²) in [5.74, 6) is -1.47. The van der Waals surface area contributed by atoms with Crippen LogP contribution in [0.5, 0.6) is 0 Å². The van der Waals surface area contributed by atoms with Crippen molar-refractivity contribution in [2.75, 3.05) is 18.4 Å². The predicted molar refractivity (Wildman–Crippen MR) is 134 cm³/mol. The van der Waals surface area contributed by atoms with E-state index in [9.17, 15) is 23.6 Å². The second-order valence-electron chi connectivity index (χ2n) is 10.8. The number of fused-ring (bicyclic) bond motifs is 3. The van der Waals surface area contributed by atoms with Gasteiger partial charge in [-0.25, -0.2) is 14.1 Å². The highest BCUT2D eigenvalue weighted by Gasteiger charge is 2.58. The van der Waals surface area contributed by atoms with Gasteiger partial charge in [-0.15, -0.1) is 0 Å². The first kappa shape index (κ1) is 24.5. The zero-order chi connectivity index (χ0) is 26.7. The van der Waals surface area contributed by atoms with Gasteiger partial charge in [-0.1, -0.05) is 12.1 Å². The molecule has 1 unspecified atom stereocenters. The van der Waals surface area contributed by atoms with Crippen LogP contribution in [0.4, 0.5) is 14.9 Å². The lowest BCUT2D eigenvalue weighted by atomic mass is 9.77. The second-order valence-corrected chi connectivity index (χ2v) is 10.8. The highest BCUT2D eigenvalue weighted by molar-refractivity contribution is 6.06. The van der Waals surface area contributed by atoms with Crippen molar-refractivity contribution in [3.05, 3.63) is 64.5 Å². The van der Waals surface area contributed by atoms with Crippen molar-refractivity contribution in [3.8, 4) is 0 Å². The fraction of sp³-hybridized carbons (Fsp3) is 0.429. The molecule has 0 bridgehead atoms. The van der Waals surface area contributed by atoms with Crippen LogP contribution in [0, 0.1) is 5.82 Å². The van der Waals surface area contributed by atoms with E-state index in [4.69, 9.17) is 10.5 Å². The van der Waals surface area contributed by atoms with E-state index >= 15 is 0 Å². The summed E-state index contributed by atoms with van der Waals surface area (Å²) in [6, 6.07) is 9.70. The van der Waals surface area contributed by atoms with Crippen molar-refractivity contribution >= 4 is 29.5 Å². The van der Waals surface area contributed by atoms with Crippen molar-refractivity contribution in [2.45, 2.75) is 62.6 Å². The van der Waals surface area contributed by atoms with Gasteiger partial charge in [0.25, 0.3) is 5.91 Å². The van der Waals surface area contributed by atoms with Crippen molar-refractivity contribution in [2.24, 2.45) is 5.73 Å². The Morgan fingerprint density at radius 1 is 1.00 bits per heavy atom. The monoisotopic (exact) mass is 520 g/mol. The first-order chi connectivity index (χ1) is 18.2. The summed E-state index contributed by atoms with van der Waals surface area (Å²) >= 11 is 0. The minimum atomic E-state index is -1.47. The van der Waals surface area contributed by atoms with Gasteiger partial charge in [0.1, 0.15) is 12.4 Å². The average Bonchev–Trinajstić information content (AvgIpc) is 3.23. The van der Waals surface area contributed by atoms with E-state index < -0.39 is 29.7 Å². The number of halogens is 1. The third kappa shape index (κ3) is 3.94. The number of hydrogen-bond donors (Lipinski definition) is 2. The summed E-state index contributed by atoms with van der Waals surface area (Å²) in [5.41, 5.74) is 7.47. The molecule has 0 radical (unpaired) electrons. The van der Waals surface area contributed by atoms with E-state index in [2.05, 4.69) is 5.32 Å². The SMILES string of the molecule is NC1(C(=O)Nc2ccc3c(c2)CCC32OC(=O)N(CC(=O)N3CCCc4cc(F)ccc4C3)C2=O)CCC1. The molecular formula is C28H29FN4O5. The molecule has 2 aromatic rings. The lowest BCUT2D eigenvalue weighted by Gasteiger charge is -2.36. The number of nitrogens with one attached hydrogen (secondary N) is 1. The van der Waals surface area contributed by atoms with E-state index in [1.165, 1.54) is 12.1 Å². The summed E-state index contributed by atoms with van der Waals surface area (Å²) in [6.07, 6.45) is 3.42. The molecule has 10 heteroatoms. The van der Waals surface area contributed by atoms with Crippen molar-refractivity contribution in [1.82, 2.24) is 9.80 Å². The number of aryl methyl sites for hydroxylation is 2. The molecule has 2 aromatic carbocycles. The topological polar surface area (TPSA) is 122 Å². The van der Waals surface area contributed by atoms with E-state index in [0.717, 1.165) is 28.0 Å². The Labute approximate surface area is 219 Å². The molecule has 9 nitrogen and oxygen atoms in total. The maximum absolute atomic E-state index is 13.6. The third-order valence-corrected chi connectivity index (χ3v) is 8.36. The summed E-state index contributed by atoms with van der Waals surface area (Å²) in [4.78, 5) is 54.6. The first-order valence-corrected chi connectivity index (χ1v) is 13.0. The molecule has 2 aliphatic heterocycles. The van der Waals surface area contributed by atoms with E-state index in [1.807, 2.05) is 0 Å². The molecule has 1 saturated heterocycles. The van der Waals surface area contributed by atoms with Crippen LogP contribution in [0.25, 0.3) is 0 Å². The molecule has 198 valence electrons. The molecule has 4 amide bonds. The van der Waals surface area contributed by atoms with E-state index in [-0.39, 0.29) is 30.6 Å². The molecule has 2 fully saturated rings. The smallest absolute Gasteiger partial charge is 0.418 e. The van der Waals surface area contributed by atoms with Gasteiger partial charge >= 0.3 is 6.09 Å². The summed E-state index contributed by atoms with van der Waals surface area (Å²) < 4.78 is 19.3. The van der Waals surface area contributed by atoms with Crippen LogP contribution >= 0.6 is 0 Å². The fourth-order valence-electron chi connectivity index (χ4n) is 5.95. The molecule has 1 atom stereocenters. The number of amides is 4. The Morgan fingerprint density at radius 3 is 2.58 bits per heavy atom. The molecule has 6 rings (SSSR count). The van der Waals surface area contributed by atoms with Gasteiger partial charge in [0, 0.05) is 30.8 Å². The maximum Gasteiger partial charge on any atom is 0.418 e. The van der Waals surface area contributed by atoms with Gasteiger partial charge in [0.2, 0.25) is 17.4 Å². The largest absolute Gasteiger partial charge is 0.427 e. The first-order valence-electron chi connectivity index (χ1n) is 13.0.